The lowest BCUT2D eigenvalue weighted by atomic mass is 9.96. The van der Waals surface area contributed by atoms with Crippen molar-refractivity contribution in [3.63, 3.8) is 0 Å². The fourth-order valence-electron chi connectivity index (χ4n) is 3.72. The molecule has 140 valence electrons. The molecule has 6 heteroatoms. The summed E-state index contributed by atoms with van der Waals surface area (Å²) in [6.07, 6.45) is 3.84. The maximum atomic E-state index is 12.8. The van der Waals surface area contributed by atoms with Crippen molar-refractivity contribution in [3.8, 4) is 0 Å². The molecule has 0 bridgehead atoms. The monoisotopic (exact) mass is 380 g/mol. The number of benzene rings is 1. The Morgan fingerprint density at radius 3 is 2.70 bits per heavy atom. The van der Waals surface area contributed by atoms with Gasteiger partial charge in [0.15, 0.2) is 5.01 Å². The van der Waals surface area contributed by atoms with E-state index in [-0.39, 0.29) is 5.91 Å². The molecule has 4 rings (SSSR count). The predicted molar refractivity (Wildman–Crippen MR) is 109 cm³/mol. The van der Waals surface area contributed by atoms with Gasteiger partial charge in [-0.3, -0.25) is 4.79 Å². The van der Waals surface area contributed by atoms with Crippen LogP contribution >= 0.6 is 11.3 Å². The van der Waals surface area contributed by atoms with E-state index in [9.17, 15) is 4.79 Å². The summed E-state index contributed by atoms with van der Waals surface area (Å²) in [7, 11) is 2.18. The molecule has 0 aliphatic carbocycles. The Bertz CT molecular complexity index is 870. The van der Waals surface area contributed by atoms with Crippen molar-refractivity contribution in [1.29, 1.82) is 0 Å². The van der Waals surface area contributed by atoms with Crippen LogP contribution in [0.1, 0.15) is 28.2 Å². The Morgan fingerprint density at radius 1 is 1.19 bits per heavy atom. The van der Waals surface area contributed by atoms with Gasteiger partial charge in [-0.15, -0.1) is 0 Å². The highest BCUT2D eigenvalue weighted by Gasteiger charge is 2.26. The first-order valence-electron chi connectivity index (χ1n) is 9.42. The SMILES string of the molecule is CN(Cc1ccccc1)CC1CCN(C(=O)c2nc3cccnc3s2)CC1. The van der Waals surface area contributed by atoms with Crippen LogP contribution in [0.2, 0.25) is 0 Å². The van der Waals surface area contributed by atoms with E-state index in [4.69, 9.17) is 0 Å². The molecule has 1 aromatic carbocycles. The number of carbonyl (C=O) groups excluding carboxylic acids is 1. The molecule has 1 aliphatic rings. The van der Waals surface area contributed by atoms with E-state index in [1.165, 1.54) is 16.9 Å². The number of thiazole rings is 1. The molecule has 0 unspecified atom stereocenters. The fraction of sp³-hybridized carbons (Fsp3) is 0.381. The summed E-state index contributed by atoms with van der Waals surface area (Å²) in [5, 5.41) is 0.559. The van der Waals surface area contributed by atoms with Gasteiger partial charge in [0, 0.05) is 32.4 Å². The molecular weight excluding hydrogens is 356 g/mol. The van der Waals surface area contributed by atoms with Crippen LogP contribution in [0.3, 0.4) is 0 Å². The largest absolute Gasteiger partial charge is 0.337 e. The van der Waals surface area contributed by atoms with Crippen molar-refractivity contribution in [1.82, 2.24) is 19.8 Å². The van der Waals surface area contributed by atoms with Crippen molar-refractivity contribution in [2.24, 2.45) is 5.92 Å². The van der Waals surface area contributed by atoms with E-state index in [0.29, 0.717) is 10.9 Å². The predicted octanol–water partition coefficient (Wildman–Crippen LogP) is 3.68. The lowest BCUT2D eigenvalue weighted by Gasteiger charge is -2.33. The maximum Gasteiger partial charge on any atom is 0.282 e. The third-order valence-electron chi connectivity index (χ3n) is 5.12. The molecule has 27 heavy (non-hydrogen) atoms. The lowest BCUT2D eigenvalue weighted by molar-refractivity contribution is 0.0672. The number of aromatic nitrogens is 2. The molecule has 0 radical (unpaired) electrons. The second-order valence-corrected chi connectivity index (χ2v) is 8.24. The van der Waals surface area contributed by atoms with Crippen LogP contribution < -0.4 is 0 Å². The molecule has 0 N–H and O–H groups in total. The molecule has 1 amide bonds. The molecular formula is C21H24N4OS. The standard InChI is InChI=1S/C21H24N4OS/c1-24(14-16-6-3-2-4-7-16)15-17-9-12-25(13-10-17)21(26)20-23-18-8-5-11-22-19(18)27-20/h2-8,11,17H,9-10,12-15H2,1H3. The van der Waals surface area contributed by atoms with Gasteiger partial charge in [-0.05, 0) is 43.5 Å². The first-order chi connectivity index (χ1) is 13.2. The number of rotatable bonds is 5. The zero-order valence-corrected chi connectivity index (χ0v) is 16.4. The second-order valence-electron chi connectivity index (χ2n) is 7.26. The summed E-state index contributed by atoms with van der Waals surface area (Å²) in [5.41, 5.74) is 2.15. The maximum absolute atomic E-state index is 12.8. The minimum atomic E-state index is 0.0501. The Hall–Kier alpha value is -2.31. The first kappa shape index (κ1) is 18.1. The van der Waals surface area contributed by atoms with Crippen molar-refractivity contribution < 1.29 is 4.79 Å². The zero-order valence-electron chi connectivity index (χ0n) is 15.5. The highest BCUT2D eigenvalue weighted by molar-refractivity contribution is 7.19. The third-order valence-corrected chi connectivity index (χ3v) is 6.08. The van der Waals surface area contributed by atoms with E-state index in [2.05, 4.69) is 52.2 Å². The average molecular weight is 381 g/mol. The number of carbonyl (C=O) groups is 1. The van der Waals surface area contributed by atoms with E-state index < -0.39 is 0 Å². The quantitative estimate of drug-likeness (QED) is 0.678. The summed E-state index contributed by atoms with van der Waals surface area (Å²) in [6, 6.07) is 14.3. The summed E-state index contributed by atoms with van der Waals surface area (Å²) in [5.74, 6) is 0.689. The van der Waals surface area contributed by atoms with Crippen molar-refractivity contribution in [3.05, 3.63) is 59.2 Å². The van der Waals surface area contributed by atoms with Crippen LogP contribution in [0.15, 0.2) is 48.7 Å². The van der Waals surface area contributed by atoms with Crippen molar-refractivity contribution in [2.75, 3.05) is 26.7 Å². The molecule has 0 spiro atoms. The van der Waals surface area contributed by atoms with E-state index in [0.717, 1.165) is 49.4 Å². The fourth-order valence-corrected chi connectivity index (χ4v) is 4.59. The van der Waals surface area contributed by atoms with Gasteiger partial charge >= 0.3 is 0 Å². The smallest absolute Gasteiger partial charge is 0.282 e. The number of hydrogen-bond donors (Lipinski definition) is 0. The van der Waals surface area contributed by atoms with Gasteiger partial charge in [-0.1, -0.05) is 41.7 Å². The second kappa shape index (κ2) is 8.15. The molecule has 5 nitrogen and oxygen atoms in total. The van der Waals surface area contributed by atoms with E-state index in [1.54, 1.807) is 6.20 Å². The normalized spacial score (nSPS) is 15.6. The van der Waals surface area contributed by atoms with Crippen LogP contribution in [-0.4, -0.2) is 52.4 Å². The van der Waals surface area contributed by atoms with Gasteiger partial charge in [0.05, 0.1) is 0 Å². The number of pyridine rings is 1. The highest BCUT2D eigenvalue weighted by Crippen LogP contribution is 2.24. The van der Waals surface area contributed by atoms with E-state index >= 15 is 0 Å². The van der Waals surface area contributed by atoms with Gasteiger partial charge in [0.1, 0.15) is 10.3 Å². The molecule has 1 fully saturated rings. The summed E-state index contributed by atoms with van der Waals surface area (Å²) >= 11 is 1.39. The highest BCUT2D eigenvalue weighted by atomic mass is 32.1. The zero-order chi connectivity index (χ0) is 18.6. The summed E-state index contributed by atoms with van der Waals surface area (Å²) < 4.78 is 0. The number of piperidine rings is 1. The molecule has 3 heterocycles. The van der Waals surface area contributed by atoms with Gasteiger partial charge < -0.3 is 9.80 Å². The Kier molecular flexibility index (Phi) is 5.45. The number of likely N-dealkylation sites (tertiary alicyclic amines) is 1. The summed E-state index contributed by atoms with van der Waals surface area (Å²) in [4.78, 5) is 26.7. The van der Waals surface area contributed by atoms with E-state index in [1.807, 2.05) is 17.0 Å². The topological polar surface area (TPSA) is 49.3 Å². The Balaban J connectivity index is 1.30. The lowest BCUT2D eigenvalue weighted by Crippen LogP contribution is -2.41. The number of fused-ring (bicyclic) bond motifs is 1. The molecule has 1 saturated heterocycles. The molecule has 3 aromatic rings. The van der Waals surface area contributed by atoms with Crippen molar-refractivity contribution >= 4 is 27.6 Å². The van der Waals surface area contributed by atoms with Crippen molar-refractivity contribution in [2.45, 2.75) is 19.4 Å². The Morgan fingerprint density at radius 2 is 1.96 bits per heavy atom. The molecule has 1 aliphatic heterocycles. The van der Waals surface area contributed by atoms with Crippen LogP contribution in [-0.2, 0) is 6.54 Å². The summed E-state index contributed by atoms with van der Waals surface area (Å²) in [6.45, 7) is 3.67. The Labute approximate surface area is 163 Å². The number of hydrogen-bond acceptors (Lipinski definition) is 5. The van der Waals surface area contributed by atoms with Gasteiger partial charge in [0.25, 0.3) is 5.91 Å². The van der Waals surface area contributed by atoms with Crippen LogP contribution in [0, 0.1) is 5.92 Å². The molecule has 0 atom stereocenters. The van der Waals surface area contributed by atoms with Gasteiger partial charge in [0.2, 0.25) is 0 Å². The third kappa shape index (κ3) is 4.34. The number of nitrogens with zero attached hydrogens (tertiary/aromatic N) is 4. The minimum absolute atomic E-state index is 0.0501. The van der Waals surface area contributed by atoms with Gasteiger partial charge in [-0.2, -0.15) is 0 Å². The average Bonchev–Trinajstić information content (AvgIpc) is 3.13. The molecule has 0 saturated carbocycles. The first-order valence-corrected chi connectivity index (χ1v) is 10.2. The van der Waals surface area contributed by atoms with Gasteiger partial charge in [-0.25, -0.2) is 9.97 Å². The number of amides is 1. The minimum Gasteiger partial charge on any atom is -0.337 e. The van der Waals surface area contributed by atoms with Crippen LogP contribution in [0.5, 0.6) is 0 Å². The van der Waals surface area contributed by atoms with Crippen LogP contribution in [0.25, 0.3) is 10.3 Å². The van der Waals surface area contributed by atoms with Crippen LogP contribution in [0.4, 0.5) is 0 Å². The molecule has 2 aromatic heterocycles.